The predicted molar refractivity (Wildman–Crippen MR) is 116 cm³/mol. The molecular formula is C21H22N6O3S. The lowest BCUT2D eigenvalue weighted by Gasteiger charge is -2.15. The van der Waals surface area contributed by atoms with Gasteiger partial charge >= 0.3 is 0 Å². The van der Waals surface area contributed by atoms with Crippen LogP contribution in [0.5, 0.6) is 5.75 Å². The van der Waals surface area contributed by atoms with Gasteiger partial charge in [0.25, 0.3) is 11.8 Å². The Morgan fingerprint density at radius 3 is 2.61 bits per heavy atom. The topological polar surface area (TPSA) is 110 Å². The molecule has 2 aromatic heterocycles. The van der Waals surface area contributed by atoms with Crippen molar-refractivity contribution >= 4 is 29.0 Å². The third kappa shape index (κ3) is 4.38. The SMILES string of the molecule is COc1ccc(NC(=O)c2cnc([C@H]3CCN(C(=O)c4snnc4C)C3)nc2C)cc1. The fourth-order valence-electron chi connectivity index (χ4n) is 3.50. The van der Waals surface area contributed by atoms with Crippen molar-refractivity contribution in [3.8, 4) is 5.75 Å². The molecule has 1 aliphatic heterocycles. The van der Waals surface area contributed by atoms with Crippen LogP contribution in [-0.4, -0.2) is 56.5 Å². The van der Waals surface area contributed by atoms with E-state index < -0.39 is 0 Å². The van der Waals surface area contributed by atoms with Crippen molar-refractivity contribution < 1.29 is 14.3 Å². The average molecular weight is 439 g/mol. The van der Waals surface area contributed by atoms with Crippen molar-refractivity contribution in [2.24, 2.45) is 0 Å². The molecule has 0 unspecified atom stereocenters. The Balaban J connectivity index is 1.43. The molecule has 0 saturated carbocycles. The number of rotatable bonds is 5. The van der Waals surface area contributed by atoms with Crippen molar-refractivity contribution in [1.82, 2.24) is 24.5 Å². The summed E-state index contributed by atoms with van der Waals surface area (Å²) in [4.78, 5) is 36.7. The highest BCUT2D eigenvalue weighted by Crippen LogP contribution is 2.27. The number of hydrogen-bond donors (Lipinski definition) is 1. The molecule has 1 N–H and O–H groups in total. The van der Waals surface area contributed by atoms with E-state index in [2.05, 4.69) is 24.9 Å². The van der Waals surface area contributed by atoms with Gasteiger partial charge in [-0.2, -0.15) is 0 Å². The molecule has 2 amide bonds. The summed E-state index contributed by atoms with van der Waals surface area (Å²) in [6, 6.07) is 7.09. The van der Waals surface area contributed by atoms with Gasteiger partial charge in [0, 0.05) is 30.9 Å². The second kappa shape index (κ2) is 8.76. The van der Waals surface area contributed by atoms with Gasteiger partial charge in [-0.05, 0) is 56.1 Å². The van der Waals surface area contributed by atoms with Gasteiger partial charge in [-0.15, -0.1) is 5.10 Å². The Morgan fingerprint density at radius 1 is 1.19 bits per heavy atom. The van der Waals surface area contributed by atoms with E-state index >= 15 is 0 Å². The van der Waals surface area contributed by atoms with Gasteiger partial charge in [-0.3, -0.25) is 9.59 Å². The number of amides is 2. The van der Waals surface area contributed by atoms with E-state index in [-0.39, 0.29) is 17.7 Å². The Kier molecular flexibility index (Phi) is 5.90. The fourth-order valence-corrected chi connectivity index (χ4v) is 4.13. The number of nitrogens with one attached hydrogen (secondary N) is 1. The lowest BCUT2D eigenvalue weighted by molar-refractivity contribution is 0.0794. The van der Waals surface area contributed by atoms with E-state index in [1.165, 1.54) is 0 Å². The Labute approximate surface area is 183 Å². The van der Waals surface area contributed by atoms with Gasteiger partial charge in [0.1, 0.15) is 16.5 Å². The summed E-state index contributed by atoms with van der Waals surface area (Å²) in [6.45, 7) is 4.74. The van der Waals surface area contributed by atoms with Crippen LogP contribution in [0.15, 0.2) is 30.5 Å². The average Bonchev–Trinajstić information content (AvgIpc) is 3.43. The van der Waals surface area contributed by atoms with Crippen molar-refractivity contribution in [3.63, 3.8) is 0 Å². The second-order valence-corrected chi connectivity index (χ2v) is 8.09. The number of nitrogens with zero attached hydrogens (tertiary/aromatic N) is 5. The minimum atomic E-state index is -0.273. The highest BCUT2D eigenvalue weighted by Gasteiger charge is 2.31. The maximum Gasteiger partial charge on any atom is 0.267 e. The van der Waals surface area contributed by atoms with E-state index in [9.17, 15) is 9.59 Å². The van der Waals surface area contributed by atoms with Crippen LogP contribution < -0.4 is 10.1 Å². The lowest BCUT2D eigenvalue weighted by atomic mass is 10.1. The number of aryl methyl sites for hydroxylation is 2. The molecular weight excluding hydrogens is 416 g/mol. The summed E-state index contributed by atoms with van der Waals surface area (Å²) in [5, 5.41) is 6.76. The Hall–Kier alpha value is -3.40. The standard InChI is InChI=1S/C21H22N6O3S/c1-12-17(20(28)24-15-4-6-16(30-3)7-5-15)10-22-19(23-12)14-8-9-27(11-14)21(29)18-13(2)25-26-31-18/h4-7,10,14H,8-9,11H2,1-3H3,(H,24,28)/t14-/m0/s1. The molecule has 0 radical (unpaired) electrons. The predicted octanol–water partition coefficient (Wildman–Crippen LogP) is 2.84. The largest absolute Gasteiger partial charge is 0.497 e. The minimum Gasteiger partial charge on any atom is -0.497 e. The van der Waals surface area contributed by atoms with Crippen molar-refractivity contribution in [2.75, 3.05) is 25.5 Å². The first-order chi connectivity index (χ1) is 15.0. The van der Waals surface area contributed by atoms with Crippen LogP contribution in [0.4, 0.5) is 5.69 Å². The molecule has 1 aliphatic rings. The zero-order chi connectivity index (χ0) is 22.0. The molecule has 9 nitrogen and oxygen atoms in total. The number of likely N-dealkylation sites (tertiary alicyclic amines) is 1. The minimum absolute atomic E-state index is 0.0301. The van der Waals surface area contributed by atoms with Gasteiger partial charge < -0.3 is 15.0 Å². The third-order valence-corrected chi connectivity index (χ3v) is 6.09. The number of aromatic nitrogens is 4. The highest BCUT2D eigenvalue weighted by molar-refractivity contribution is 7.07. The fraction of sp³-hybridized carbons (Fsp3) is 0.333. The first-order valence-electron chi connectivity index (χ1n) is 9.83. The van der Waals surface area contributed by atoms with Crippen LogP contribution in [0.2, 0.25) is 0 Å². The van der Waals surface area contributed by atoms with E-state index in [1.807, 2.05) is 0 Å². The van der Waals surface area contributed by atoms with Crippen LogP contribution >= 0.6 is 11.5 Å². The molecule has 1 aromatic carbocycles. The molecule has 3 heterocycles. The number of carbonyl (C=O) groups is 2. The number of carbonyl (C=O) groups excluding carboxylic acids is 2. The summed E-state index contributed by atoms with van der Waals surface area (Å²) in [6.07, 6.45) is 2.33. The smallest absolute Gasteiger partial charge is 0.267 e. The molecule has 0 spiro atoms. The van der Waals surface area contributed by atoms with Crippen molar-refractivity contribution in [1.29, 1.82) is 0 Å². The molecule has 4 rings (SSSR count). The van der Waals surface area contributed by atoms with Crippen LogP contribution in [-0.2, 0) is 0 Å². The summed E-state index contributed by atoms with van der Waals surface area (Å²) < 4.78 is 8.97. The van der Waals surface area contributed by atoms with Gasteiger partial charge in [0.15, 0.2) is 0 Å². The highest BCUT2D eigenvalue weighted by atomic mass is 32.1. The van der Waals surface area contributed by atoms with Crippen LogP contribution in [0.3, 0.4) is 0 Å². The first kappa shape index (κ1) is 20.9. The van der Waals surface area contributed by atoms with Crippen molar-refractivity contribution in [3.05, 3.63) is 58.1 Å². The van der Waals surface area contributed by atoms with E-state index in [1.54, 1.807) is 56.3 Å². The van der Waals surface area contributed by atoms with Crippen LogP contribution in [0.1, 0.15) is 49.6 Å². The summed E-state index contributed by atoms with van der Waals surface area (Å²) in [7, 11) is 1.59. The lowest BCUT2D eigenvalue weighted by Crippen LogP contribution is -2.28. The molecule has 0 bridgehead atoms. The molecule has 1 atom stereocenters. The van der Waals surface area contributed by atoms with Gasteiger partial charge in [0.05, 0.1) is 24.1 Å². The van der Waals surface area contributed by atoms with Gasteiger partial charge in [-0.1, -0.05) is 4.49 Å². The number of benzene rings is 1. The zero-order valence-corrected chi connectivity index (χ0v) is 18.3. The summed E-state index contributed by atoms with van der Waals surface area (Å²) in [5.74, 6) is 1.07. The normalized spacial score (nSPS) is 15.7. The Morgan fingerprint density at radius 2 is 1.97 bits per heavy atom. The molecule has 0 aliphatic carbocycles. The molecule has 1 saturated heterocycles. The monoisotopic (exact) mass is 438 g/mol. The van der Waals surface area contributed by atoms with Crippen LogP contribution in [0, 0.1) is 13.8 Å². The Bertz CT molecular complexity index is 1110. The number of methoxy groups -OCH3 is 1. The number of anilines is 1. The second-order valence-electron chi connectivity index (χ2n) is 7.33. The first-order valence-corrected chi connectivity index (χ1v) is 10.6. The maximum absolute atomic E-state index is 12.7. The maximum atomic E-state index is 12.7. The van der Waals surface area contributed by atoms with Gasteiger partial charge in [0.2, 0.25) is 0 Å². The summed E-state index contributed by atoms with van der Waals surface area (Å²) >= 11 is 1.12. The number of hydrogen-bond acceptors (Lipinski definition) is 8. The third-order valence-electron chi connectivity index (χ3n) is 5.28. The zero-order valence-electron chi connectivity index (χ0n) is 17.5. The van der Waals surface area contributed by atoms with Gasteiger partial charge in [-0.25, -0.2) is 9.97 Å². The van der Waals surface area contributed by atoms with E-state index in [0.717, 1.165) is 18.0 Å². The molecule has 1 fully saturated rings. The van der Waals surface area contributed by atoms with E-state index in [4.69, 9.17) is 4.74 Å². The molecule has 3 aromatic rings. The summed E-state index contributed by atoms with van der Waals surface area (Å²) in [5.41, 5.74) is 2.32. The molecule has 31 heavy (non-hydrogen) atoms. The van der Waals surface area contributed by atoms with Crippen molar-refractivity contribution in [2.45, 2.75) is 26.2 Å². The quantitative estimate of drug-likeness (QED) is 0.652. The molecule has 160 valence electrons. The van der Waals surface area contributed by atoms with E-state index in [0.29, 0.717) is 52.2 Å². The number of ether oxygens (including phenoxy) is 1. The van der Waals surface area contributed by atoms with Crippen LogP contribution in [0.25, 0.3) is 0 Å². The molecule has 10 heteroatoms.